The van der Waals surface area contributed by atoms with E-state index in [0.717, 1.165) is 25.6 Å². The van der Waals surface area contributed by atoms with Crippen molar-refractivity contribution in [3.63, 3.8) is 0 Å². The Morgan fingerprint density at radius 2 is 1.67 bits per heavy atom. The quantitative estimate of drug-likeness (QED) is 0.472. The monoisotopic (exact) mass is 368 g/mol. The molecule has 4 nitrogen and oxygen atoms in total. The standard InChI is InChI=1S/C13H28N4.HI/c1-13(2,16(3)4)11-15-12(14)17-9-7-5-6-8-10-17;/h5-11H2,1-4H3,(H2,14,15);1H. The molecule has 0 bridgehead atoms. The summed E-state index contributed by atoms with van der Waals surface area (Å²) in [6.07, 6.45) is 5.14. The second-order valence-corrected chi connectivity index (χ2v) is 5.78. The summed E-state index contributed by atoms with van der Waals surface area (Å²) in [5.74, 6) is 0.724. The van der Waals surface area contributed by atoms with Gasteiger partial charge in [-0.15, -0.1) is 24.0 Å². The number of hydrogen-bond acceptors (Lipinski definition) is 2. The molecule has 0 aromatic carbocycles. The van der Waals surface area contributed by atoms with E-state index >= 15 is 0 Å². The SMILES string of the molecule is CN(C)C(C)(C)CN=C(N)N1CCCCCC1.I. The maximum atomic E-state index is 6.08. The van der Waals surface area contributed by atoms with Gasteiger partial charge in [-0.05, 0) is 40.8 Å². The van der Waals surface area contributed by atoms with Crippen LogP contribution in [0.3, 0.4) is 0 Å². The van der Waals surface area contributed by atoms with Crippen LogP contribution in [-0.4, -0.2) is 55.0 Å². The van der Waals surface area contributed by atoms with Crippen molar-refractivity contribution >= 4 is 29.9 Å². The molecule has 0 aromatic heterocycles. The van der Waals surface area contributed by atoms with Gasteiger partial charge in [0.15, 0.2) is 5.96 Å². The molecule has 0 unspecified atom stereocenters. The maximum absolute atomic E-state index is 6.08. The predicted molar refractivity (Wildman–Crippen MR) is 89.7 cm³/mol. The smallest absolute Gasteiger partial charge is 0.191 e. The molecule has 1 fully saturated rings. The lowest BCUT2D eigenvalue weighted by atomic mass is 10.1. The first kappa shape index (κ1) is 18.0. The molecule has 0 aliphatic carbocycles. The molecule has 1 rings (SSSR count). The van der Waals surface area contributed by atoms with Crippen LogP contribution < -0.4 is 5.73 Å². The summed E-state index contributed by atoms with van der Waals surface area (Å²) >= 11 is 0. The molecule has 18 heavy (non-hydrogen) atoms. The number of nitrogens with two attached hydrogens (primary N) is 1. The van der Waals surface area contributed by atoms with Crippen molar-refractivity contribution in [3.8, 4) is 0 Å². The van der Waals surface area contributed by atoms with Crippen LogP contribution in [0.15, 0.2) is 4.99 Å². The van der Waals surface area contributed by atoms with Gasteiger partial charge in [-0.2, -0.15) is 0 Å². The van der Waals surface area contributed by atoms with E-state index in [4.69, 9.17) is 5.73 Å². The Hall–Kier alpha value is -0.0400. The molecule has 0 saturated carbocycles. The zero-order chi connectivity index (χ0) is 12.9. The van der Waals surface area contributed by atoms with Gasteiger partial charge in [0.05, 0.1) is 6.54 Å². The van der Waals surface area contributed by atoms with Gasteiger partial charge >= 0.3 is 0 Å². The predicted octanol–water partition coefficient (Wildman–Crippen LogP) is 2.14. The summed E-state index contributed by atoms with van der Waals surface area (Å²) in [5, 5.41) is 0. The van der Waals surface area contributed by atoms with Crippen molar-refractivity contribution in [2.24, 2.45) is 10.7 Å². The average Bonchev–Trinajstić information content (AvgIpc) is 2.54. The van der Waals surface area contributed by atoms with Crippen molar-refractivity contribution in [1.82, 2.24) is 9.80 Å². The zero-order valence-corrected chi connectivity index (χ0v) is 14.6. The first-order valence-corrected chi connectivity index (χ1v) is 6.66. The Morgan fingerprint density at radius 3 is 2.11 bits per heavy atom. The highest BCUT2D eigenvalue weighted by atomic mass is 127. The van der Waals surface area contributed by atoms with Gasteiger partial charge in [0.25, 0.3) is 0 Å². The van der Waals surface area contributed by atoms with E-state index in [-0.39, 0.29) is 29.5 Å². The molecule has 1 heterocycles. The summed E-state index contributed by atoms with van der Waals surface area (Å²) < 4.78 is 0. The number of halogens is 1. The number of guanidine groups is 1. The Balaban J connectivity index is 0.00000289. The Labute approximate surface area is 129 Å². The lowest BCUT2D eigenvalue weighted by Crippen LogP contribution is -2.43. The number of nitrogens with zero attached hydrogens (tertiary/aromatic N) is 3. The maximum Gasteiger partial charge on any atom is 0.191 e. The number of aliphatic imine (C=N–C) groups is 1. The van der Waals surface area contributed by atoms with E-state index < -0.39 is 0 Å². The fourth-order valence-electron chi connectivity index (χ4n) is 1.82. The number of likely N-dealkylation sites (N-methyl/N-ethyl adjacent to an activating group) is 1. The van der Waals surface area contributed by atoms with Crippen molar-refractivity contribution in [2.45, 2.75) is 45.1 Å². The molecule has 108 valence electrons. The van der Waals surface area contributed by atoms with Crippen molar-refractivity contribution in [1.29, 1.82) is 0 Å². The Bertz CT molecular complexity index is 256. The summed E-state index contributed by atoms with van der Waals surface area (Å²) in [5.41, 5.74) is 6.15. The van der Waals surface area contributed by atoms with Crippen molar-refractivity contribution in [3.05, 3.63) is 0 Å². The van der Waals surface area contributed by atoms with E-state index in [0.29, 0.717) is 0 Å². The van der Waals surface area contributed by atoms with Gasteiger partial charge in [-0.25, -0.2) is 0 Å². The summed E-state index contributed by atoms with van der Waals surface area (Å²) in [6.45, 7) is 7.26. The highest BCUT2D eigenvalue weighted by molar-refractivity contribution is 14.0. The fraction of sp³-hybridized carbons (Fsp3) is 0.923. The summed E-state index contributed by atoms with van der Waals surface area (Å²) in [4.78, 5) is 8.98. The average molecular weight is 368 g/mol. The summed E-state index contributed by atoms with van der Waals surface area (Å²) in [7, 11) is 4.16. The highest BCUT2D eigenvalue weighted by Crippen LogP contribution is 2.12. The van der Waals surface area contributed by atoms with E-state index in [1.807, 2.05) is 0 Å². The molecule has 0 amide bonds. The lowest BCUT2D eigenvalue weighted by Gasteiger charge is -2.31. The third-order valence-electron chi connectivity index (χ3n) is 3.77. The van der Waals surface area contributed by atoms with Gasteiger partial charge in [0, 0.05) is 18.6 Å². The van der Waals surface area contributed by atoms with Gasteiger partial charge in [0.2, 0.25) is 0 Å². The number of likely N-dealkylation sites (tertiary alicyclic amines) is 1. The molecule has 5 heteroatoms. The van der Waals surface area contributed by atoms with Crippen molar-refractivity contribution in [2.75, 3.05) is 33.7 Å². The van der Waals surface area contributed by atoms with Crippen LogP contribution in [0.2, 0.25) is 0 Å². The zero-order valence-electron chi connectivity index (χ0n) is 12.3. The first-order valence-electron chi connectivity index (χ1n) is 6.66. The van der Waals surface area contributed by atoms with Crippen LogP contribution >= 0.6 is 24.0 Å². The normalized spacial score (nSPS) is 18.5. The minimum absolute atomic E-state index is 0. The molecule has 2 N–H and O–H groups in total. The van der Waals surface area contributed by atoms with Crippen LogP contribution in [0.1, 0.15) is 39.5 Å². The first-order chi connectivity index (χ1) is 7.93. The Morgan fingerprint density at radius 1 is 1.17 bits per heavy atom. The van der Waals surface area contributed by atoms with Crippen LogP contribution in [0.25, 0.3) is 0 Å². The highest BCUT2D eigenvalue weighted by Gasteiger charge is 2.20. The van der Waals surface area contributed by atoms with Crippen LogP contribution in [0.4, 0.5) is 0 Å². The number of hydrogen-bond donors (Lipinski definition) is 1. The third-order valence-corrected chi connectivity index (χ3v) is 3.77. The molecular weight excluding hydrogens is 339 g/mol. The molecule has 1 aliphatic heterocycles. The summed E-state index contributed by atoms with van der Waals surface area (Å²) in [6, 6.07) is 0. The molecular formula is C13H29IN4. The van der Waals surface area contributed by atoms with Crippen LogP contribution in [0, 0.1) is 0 Å². The fourth-order valence-corrected chi connectivity index (χ4v) is 1.82. The van der Waals surface area contributed by atoms with Gasteiger partial charge in [0.1, 0.15) is 0 Å². The van der Waals surface area contributed by atoms with Crippen molar-refractivity contribution < 1.29 is 0 Å². The second kappa shape index (κ2) is 8.19. The second-order valence-electron chi connectivity index (χ2n) is 5.78. The van der Waals surface area contributed by atoms with E-state index in [9.17, 15) is 0 Å². The molecule has 1 aliphatic rings. The van der Waals surface area contributed by atoms with Gasteiger partial charge < -0.3 is 15.5 Å². The van der Waals surface area contributed by atoms with Gasteiger partial charge in [-0.3, -0.25) is 4.99 Å². The third kappa shape index (κ3) is 5.73. The van der Waals surface area contributed by atoms with Crippen LogP contribution in [-0.2, 0) is 0 Å². The molecule has 0 atom stereocenters. The molecule has 1 saturated heterocycles. The molecule has 0 radical (unpaired) electrons. The largest absolute Gasteiger partial charge is 0.370 e. The minimum atomic E-state index is 0. The van der Waals surface area contributed by atoms with Gasteiger partial charge in [-0.1, -0.05) is 12.8 Å². The van der Waals surface area contributed by atoms with E-state index in [1.165, 1.54) is 25.7 Å². The topological polar surface area (TPSA) is 44.9 Å². The van der Waals surface area contributed by atoms with E-state index in [2.05, 4.69) is 42.7 Å². The van der Waals surface area contributed by atoms with Crippen LogP contribution in [0.5, 0.6) is 0 Å². The number of rotatable bonds is 3. The molecule has 0 aromatic rings. The van der Waals surface area contributed by atoms with E-state index in [1.54, 1.807) is 0 Å². The lowest BCUT2D eigenvalue weighted by molar-refractivity contribution is 0.204. The molecule has 0 spiro atoms. The minimum Gasteiger partial charge on any atom is -0.370 e. The Kier molecular flexibility index (Phi) is 8.18.